The third-order valence-corrected chi connectivity index (χ3v) is 3.20. The minimum absolute atomic E-state index is 0.164. The minimum atomic E-state index is -0.777. The van der Waals surface area contributed by atoms with E-state index >= 15 is 0 Å². The predicted molar refractivity (Wildman–Crippen MR) is 60.9 cm³/mol. The standard InChI is InChI=1S/C8H12BClO2.C2H6/c1-5-6(9)2-7(12)8(5,3-10)4-11;1-2/h6-7,11-12H,1-4H2;1-2H3/t6-,7-,8-;/m0./s1. The SMILES string of the molecule is CC.[B][C@H]1C[C@H](O)[C@](CO)(CCl)C1=C. The Morgan fingerprint density at radius 1 is 1.64 bits per heavy atom. The summed E-state index contributed by atoms with van der Waals surface area (Å²) in [5, 5.41) is 18.7. The van der Waals surface area contributed by atoms with E-state index in [0.717, 1.165) is 0 Å². The maximum atomic E-state index is 9.60. The number of aliphatic hydroxyl groups excluding tert-OH is 2. The van der Waals surface area contributed by atoms with Gasteiger partial charge in [0.15, 0.2) is 0 Å². The lowest BCUT2D eigenvalue weighted by atomic mass is 9.77. The first kappa shape index (κ1) is 14.0. The van der Waals surface area contributed by atoms with Crippen molar-refractivity contribution in [2.24, 2.45) is 5.41 Å². The molecule has 1 aliphatic rings. The number of hydrogen-bond acceptors (Lipinski definition) is 2. The third-order valence-electron chi connectivity index (χ3n) is 2.72. The average molecular weight is 217 g/mol. The summed E-state index contributed by atoms with van der Waals surface area (Å²) in [5.41, 5.74) is -0.117. The molecule has 4 heteroatoms. The van der Waals surface area contributed by atoms with Gasteiger partial charge in [-0.05, 0) is 6.42 Å². The van der Waals surface area contributed by atoms with Gasteiger partial charge in [-0.3, -0.25) is 0 Å². The van der Waals surface area contributed by atoms with Crippen LogP contribution in [0.15, 0.2) is 12.2 Å². The molecule has 0 saturated heterocycles. The smallest absolute Gasteiger partial charge is 0.0760 e. The van der Waals surface area contributed by atoms with Crippen molar-refractivity contribution in [1.29, 1.82) is 0 Å². The molecule has 3 atom stereocenters. The van der Waals surface area contributed by atoms with Crippen molar-refractivity contribution < 1.29 is 10.2 Å². The van der Waals surface area contributed by atoms with Crippen LogP contribution >= 0.6 is 11.6 Å². The van der Waals surface area contributed by atoms with Crippen LogP contribution in [-0.4, -0.2) is 36.7 Å². The van der Waals surface area contributed by atoms with Crippen LogP contribution in [0.3, 0.4) is 0 Å². The fourth-order valence-electron chi connectivity index (χ4n) is 1.62. The maximum absolute atomic E-state index is 9.60. The Kier molecular flexibility index (Phi) is 5.80. The van der Waals surface area contributed by atoms with E-state index in [1.807, 2.05) is 13.8 Å². The molecular weight excluding hydrogens is 198 g/mol. The highest BCUT2D eigenvalue weighted by atomic mass is 35.5. The molecule has 80 valence electrons. The molecule has 0 bridgehead atoms. The molecule has 0 spiro atoms. The molecule has 1 rings (SSSR count). The molecule has 1 fully saturated rings. The summed E-state index contributed by atoms with van der Waals surface area (Å²) in [6, 6.07) is 0. The van der Waals surface area contributed by atoms with Crippen LogP contribution in [0.2, 0.25) is 5.82 Å². The molecular formula is C10H18BClO2. The molecule has 2 nitrogen and oxygen atoms in total. The Bertz CT molecular complexity index is 193. The van der Waals surface area contributed by atoms with Gasteiger partial charge in [0.25, 0.3) is 0 Å². The molecule has 0 aliphatic heterocycles. The van der Waals surface area contributed by atoms with Crippen LogP contribution in [0, 0.1) is 5.41 Å². The third kappa shape index (κ3) is 2.15. The second-order valence-electron chi connectivity index (χ2n) is 3.33. The molecule has 2 N–H and O–H groups in total. The van der Waals surface area contributed by atoms with E-state index in [9.17, 15) is 5.11 Å². The lowest BCUT2D eigenvalue weighted by molar-refractivity contribution is 0.0422. The van der Waals surface area contributed by atoms with Gasteiger partial charge in [0.2, 0.25) is 0 Å². The Labute approximate surface area is 92.4 Å². The van der Waals surface area contributed by atoms with Crippen molar-refractivity contribution in [3.63, 3.8) is 0 Å². The summed E-state index contributed by atoms with van der Waals surface area (Å²) in [7, 11) is 5.67. The Balaban J connectivity index is 0.000000791. The predicted octanol–water partition coefficient (Wildman–Crippen LogP) is 1.51. The van der Waals surface area contributed by atoms with Crippen LogP contribution in [-0.2, 0) is 0 Å². The highest BCUT2D eigenvalue weighted by molar-refractivity contribution is 6.19. The molecule has 0 unspecified atom stereocenters. The Hall–Kier alpha value is 0.0149. The zero-order valence-corrected chi connectivity index (χ0v) is 9.59. The van der Waals surface area contributed by atoms with Gasteiger partial charge in [-0.1, -0.05) is 31.8 Å². The lowest BCUT2D eigenvalue weighted by Gasteiger charge is -2.29. The number of aliphatic hydroxyl groups is 2. The number of rotatable bonds is 2. The van der Waals surface area contributed by atoms with Gasteiger partial charge in [0.05, 0.1) is 26.0 Å². The average Bonchev–Trinajstić information content (AvgIpc) is 2.43. The second kappa shape index (κ2) is 5.79. The molecule has 0 heterocycles. The van der Waals surface area contributed by atoms with Crippen molar-refractivity contribution in [1.82, 2.24) is 0 Å². The van der Waals surface area contributed by atoms with Gasteiger partial charge in [-0.2, -0.15) is 0 Å². The van der Waals surface area contributed by atoms with Gasteiger partial charge in [-0.15, -0.1) is 11.6 Å². The first-order valence-corrected chi connectivity index (χ1v) is 5.41. The Morgan fingerprint density at radius 3 is 2.29 bits per heavy atom. The normalized spacial score (nSPS) is 36.5. The van der Waals surface area contributed by atoms with Crippen LogP contribution < -0.4 is 0 Å². The minimum Gasteiger partial charge on any atom is -0.395 e. The van der Waals surface area contributed by atoms with E-state index in [4.69, 9.17) is 24.6 Å². The quantitative estimate of drug-likeness (QED) is 0.417. The summed E-state index contributed by atoms with van der Waals surface area (Å²) in [6.07, 6.45) is -0.228. The molecule has 1 aliphatic carbocycles. The highest BCUT2D eigenvalue weighted by Crippen LogP contribution is 2.47. The highest BCUT2D eigenvalue weighted by Gasteiger charge is 2.47. The van der Waals surface area contributed by atoms with E-state index in [1.165, 1.54) is 0 Å². The van der Waals surface area contributed by atoms with Crippen molar-refractivity contribution >= 4 is 19.4 Å². The van der Waals surface area contributed by atoms with Gasteiger partial charge in [-0.25, -0.2) is 0 Å². The number of halogens is 1. The molecule has 0 aromatic rings. The lowest BCUT2D eigenvalue weighted by Crippen LogP contribution is -2.36. The van der Waals surface area contributed by atoms with Crippen molar-refractivity contribution in [3.05, 3.63) is 12.2 Å². The number of hydrogen-bond donors (Lipinski definition) is 2. The van der Waals surface area contributed by atoms with E-state index in [1.54, 1.807) is 0 Å². The van der Waals surface area contributed by atoms with Gasteiger partial charge in [0, 0.05) is 5.88 Å². The summed E-state index contributed by atoms with van der Waals surface area (Å²) >= 11 is 5.68. The van der Waals surface area contributed by atoms with E-state index < -0.39 is 11.5 Å². The van der Waals surface area contributed by atoms with E-state index in [2.05, 4.69) is 6.58 Å². The summed E-state index contributed by atoms with van der Waals surface area (Å²) in [4.78, 5) is 0. The zero-order chi connectivity index (χ0) is 11.4. The molecule has 14 heavy (non-hydrogen) atoms. The maximum Gasteiger partial charge on any atom is 0.0760 e. The van der Waals surface area contributed by atoms with Crippen molar-refractivity contribution in [2.45, 2.75) is 32.2 Å². The van der Waals surface area contributed by atoms with Crippen molar-refractivity contribution in [2.75, 3.05) is 12.5 Å². The fraction of sp³-hybridized carbons (Fsp3) is 0.800. The number of alkyl halides is 1. The van der Waals surface area contributed by atoms with Gasteiger partial charge < -0.3 is 10.2 Å². The van der Waals surface area contributed by atoms with E-state index in [0.29, 0.717) is 12.0 Å². The van der Waals surface area contributed by atoms with Crippen molar-refractivity contribution in [3.8, 4) is 0 Å². The van der Waals surface area contributed by atoms with Gasteiger partial charge in [0.1, 0.15) is 0 Å². The monoisotopic (exact) mass is 216 g/mol. The zero-order valence-electron chi connectivity index (χ0n) is 8.83. The van der Waals surface area contributed by atoms with Crippen LogP contribution in [0.25, 0.3) is 0 Å². The topological polar surface area (TPSA) is 40.5 Å². The first-order chi connectivity index (χ1) is 6.58. The molecule has 0 amide bonds. The van der Waals surface area contributed by atoms with Crippen LogP contribution in [0.4, 0.5) is 0 Å². The molecule has 0 aromatic carbocycles. The first-order valence-electron chi connectivity index (χ1n) is 4.88. The molecule has 2 radical (unpaired) electrons. The van der Waals surface area contributed by atoms with E-state index in [-0.39, 0.29) is 18.3 Å². The van der Waals surface area contributed by atoms with Crippen LogP contribution in [0.1, 0.15) is 20.3 Å². The molecule has 1 saturated carbocycles. The summed E-state index contributed by atoms with van der Waals surface area (Å²) in [5.74, 6) is -0.0806. The summed E-state index contributed by atoms with van der Waals surface area (Å²) in [6.45, 7) is 7.56. The Morgan fingerprint density at radius 2 is 2.14 bits per heavy atom. The van der Waals surface area contributed by atoms with Gasteiger partial charge >= 0.3 is 0 Å². The summed E-state index contributed by atoms with van der Waals surface area (Å²) < 4.78 is 0. The van der Waals surface area contributed by atoms with Crippen LogP contribution in [0.5, 0.6) is 0 Å². The second-order valence-corrected chi connectivity index (χ2v) is 3.60. The molecule has 0 aromatic heterocycles. The largest absolute Gasteiger partial charge is 0.395 e. The fourth-order valence-corrected chi connectivity index (χ4v) is 2.05.